The Morgan fingerprint density at radius 1 is 1.07 bits per heavy atom. The van der Waals surface area contributed by atoms with Gasteiger partial charge in [0.05, 0.1) is 25.3 Å². The van der Waals surface area contributed by atoms with Crippen LogP contribution >= 0.6 is 11.8 Å². The predicted molar refractivity (Wildman–Crippen MR) is 109 cm³/mol. The standard InChI is InChI=1S/C21H19FN4O2S/c1-27-16-7-8-18(28-2)19(11-16)29-21-25-17-12-23-13-24-20(17)26(21)10-9-14-3-5-15(22)6-4-14/h3-8,11-13H,9-10H2,1-2H3. The van der Waals surface area contributed by atoms with Gasteiger partial charge < -0.3 is 14.0 Å². The summed E-state index contributed by atoms with van der Waals surface area (Å²) in [5.41, 5.74) is 2.51. The summed E-state index contributed by atoms with van der Waals surface area (Å²) >= 11 is 1.48. The lowest BCUT2D eigenvalue weighted by atomic mass is 10.1. The quantitative estimate of drug-likeness (QED) is 0.451. The van der Waals surface area contributed by atoms with Gasteiger partial charge in [-0.3, -0.25) is 0 Å². The van der Waals surface area contributed by atoms with Crippen molar-refractivity contribution in [1.82, 2.24) is 19.5 Å². The van der Waals surface area contributed by atoms with Gasteiger partial charge in [-0.1, -0.05) is 12.1 Å². The fourth-order valence-electron chi connectivity index (χ4n) is 2.99. The average Bonchev–Trinajstić information content (AvgIpc) is 3.10. The first-order valence-corrected chi connectivity index (χ1v) is 9.80. The molecule has 0 spiro atoms. The van der Waals surface area contributed by atoms with E-state index in [-0.39, 0.29) is 5.82 Å². The van der Waals surface area contributed by atoms with Crippen LogP contribution in [-0.4, -0.2) is 33.7 Å². The van der Waals surface area contributed by atoms with Crippen molar-refractivity contribution >= 4 is 22.9 Å². The Morgan fingerprint density at radius 2 is 1.90 bits per heavy atom. The Kier molecular flexibility index (Phi) is 5.62. The minimum Gasteiger partial charge on any atom is -0.497 e. The SMILES string of the molecule is COc1ccc(OC)c(Sc2nc3cncnc3n2CCc2ccc(F)cc2)c1. The van der Waals surface area contributed by atoms with Crippen LogP contribution in [0.25, 0.3) is 11.2 Å². The third kappa shape index (κ3) is 4.17. The molecule has 0 bridgehead atoms. The van der Waals surface area contributed by atoms with Crippen LogP contribution < -0.4 is 9.47 Å². The normalized spacial score (nSPS) is 11.0. The first kappa shape index (κ1) is 19.2. The molecule has 4 rings (SSSR count). The molecule has 2 heterocycles. The zero-order valence-corrected chi connectivity index (χ0v) is 16.8. The lowest BCUT2D eigenvalue weighted by Crippen LogP contribution is -2.04. The van der Waals surface area contributed by atoms with E-state index in [1.807, 2.05) is 22.8 Å². The highest BCUT2D eigenvalue weighted by Crippen LogP contribution is 2.38. The molecule has 2 aromatic carbocycles. The molecule has 0 aliphatic carbocycles. The van der Waals surface area contributed by atoms with Crippen LogP contribution in [-0.2, 0) is 13.0 Å². The van der Waals surface area contributed by atoms with Crippen LogP contribution in [0.5, 0.6) is 11.5 Å². The molecular weight excluding hydrogens is 391 g/mol. The Hall–Kier alpha value is -3.13. The molecule has 0 amide bonds. The minimum absolute atomic E-state index is 0.240. The zero-order valence-electron chi connectivity index (χ0n) is 16.0. The number of halogens is 1. The van der Waals surface area contributed by atoms with E-state index >= 15 is 0 Å². The van der Waals surface area contributed by atoms with Gasteiger partial charge in [0.2, 0.25) is 0 Å². The van der Waals surface area contributed by atoms with Crippen molar-refractivity contribution in [1.29, 1.82) is 0 Å². The van der Waals surface area contributed by atoms with Crippen molar-refractivity contribution in [3.8, 4) is 11.5 Å². The van der Waals surface area contributed by atoms with Crippen LogP contribution in [0.3, 0.4) is 0 Å². The zero-order chi connectivity index (χ0) is 20.2. The van der Waals surface area contributed by atoms with Gasteiger partial charge in [0, 0.05) is 6.54 Å². The molecule has 29 heavy (non-hydrogen) atoms. The lowest BCUT2D eigenvalue weighted by Gasteiger charge is -2.12. The van der Waals surface area contributed by atoms with Crippen LogP contribution in [0.2, 0.25) is 0 Å². The number of imidazole rings is 1. The second-order valence-corrected chi connectivity index (χ2v) is 7.28. The Morgan fingerprint density at radius 3 is 2.66 bits per heavy atom. The highest BCUT2D eigenvalue weighted by atomic mass is 32.2. The van der Waals surface area contributed by atoms with Crippen molar-refractivity contribution in [3.63, 3.8) is 0 Å². The number of methoxy groups -OCH3 is 2. The molecule has 0 saturated carbocycles. The van der Waals surface area contributed by atoms with Gasteiger partial charge in [0.15, 0.2) is 10.8 Å². The molecular formula is C21H19FN4O2S. The van der Waals surface area contributed by atoms with Gasteiger partial charge in [-0.05, 0) is 54.1 Å². The topological polar surface area (TPSA) is 62.1 Å². The number of aryl methyl sites for hydroxylation is 2. The van der Waals surface area contributed by atoms with E-state index in [2.05, 4.69) is 9.97 Å². The molecule has 2 aromatic heterocycles. The maximum atomic E-state index is 13.2. The maximum Gasteiger partial charge on any atom is 0.175 e. The Labute approximate surface area is 171 Å². The van der Waals surface area contributed by atoms with E-state index in [9.17, 15) is 4.39 Å². The van der Waals surface area contributed by atoms with E-state index in [0.29, 0.717) is 6.54 Å². The second kappa shape index (κ2) is 8.48. The number of nitrogens with zero attached hydrogens (tertiary/aromatic N) is 4. The molecule has 4 aromatic rings. The molecule has 6 nitrogen and oxygen atoms in total. The van der Waals surface area contributed by atoms with Crippen LogP contribution in [0.4, 0.5) is 4.39 Å². The van der Waals surface area contributed by atoms with Crippen molar-refractivity contribution in [2.24, 2.45) is 0 Å². The van der Waals surface area contributed by atoms with E-state index < -0.39 is 0 Å². The third-order valence-electron chi connectivity index (χ3n) is 4.48. The van der Waals surface area contributed by atoms with E-state index in [1.165, 1.54) is 30.2 Å². The highest BCUT2D eigenvalue weighted by molar-refractivity contribution is 7.99. The van der Waals surface area contributed by atoms with Gasteiger partial charge in [-0.25, -0.2) is 19.3 Å². The number of hydrogen-bond acceptors (Lipinski definition) is 6. The van der Waals surface area contributed by atoms with E-state index in [0.717, 1.165) is 44.7 Å². The van der Waals surface area contributed by atoms with Gasteiger partial charge in [-0.2, -0.15) is 0 Å². The second-order valence-electron chi connectivity index (χ2n) is 6.27. The van der Waals surface area contributed by atoms with Gasteiger partial charge in [0.1, 0.15) is 29.2 Å². The maximum absolute atomic E-state index is 13.2. The minimum atomic E-state index is -0.240. The molecule has 0 saturated heterocycles. The summed E-state index contributed by atoms with van der Waals surface area (Å²) in [6.45, 7) is 0.647. The number of benzene rings is 2. The smallest absolute Gasteiger partial charge is 0.175 e. The molecule has 0 N–H and O–H groups in total. The molecule has 0 unspecified atom stereocenters. The highest BCUT2D eigenvalue weighted by Gasteiger charge is 2.16. The van der Waals surface area contributed by atoms with Crippen LogP contribution in [0.15, 0.2) is 65.0 Å². The Balaban J connectivity index is 1.69. The van der Waals surface area contributed by atoms with Crippen molar-refractivity contribution in [2.45, 2.75) is 23.0 Å². The molecule has 0 atom stereocenters. The Bertz CT molecular complexity index is 1130. The summed E-state index contributed by atoms with van der Waals surface area (Å²) in [5, 5.41) is 0.772. The number of hydrogen-bond donors (Lipinski definition) is 0. The molecule has 0 fully saturated rings. The third-order valence-corrected chi connectivity index (χ3v) is 5.52. The predicted octanol–water partition coefficient (Wildman–Crippen LogP) is 4.38. The van der Waals surface area contributed by atoms with Gasteiger partial charge in [0.25, 0.3) is 0 Å². The summed E-state index contributed by atoms with van der Waals surface area (Å²) in [4.78, 5) is 14.1. The fourth-order valence-corrected chi connectivity index (χ4v) is 4.05. The molecule has 0 aliphatic rings. The number of rotatable bonds is 7. The molecule has 0 aliphatic heterocycles. The molecule has 8 heteroatoms. The number of ether oxygens (including phenoxy) is 2. The largest absolute Gasteiger partial charge is 0.497 e. The summed E-state index contributed by atoms with van der Waals surface area (Å²) in [6, 6.07) is 12.2. The first-order chi connectivity index (χ1) is 14.2. The summed E-state index contributed by atoms with van der Waals surface area (Å²) in [6.07, 6.45) is 3.93. The van der Waals surface area contributed by atoms with Gasteiger partial charge in [-0.15, -0.1) is 0 Å². The number of fused-ring (bicyclic) bond motifs is 1. The molecule has 148 valence electrons. The lowest BCUT2D eigenvalue weighted by molar-refractivity contribution is 0.394. The first-order valence-electron chi connectivity index (χ1n) is 8.98. The summed E-state index contributed by atoms with van der Waals surface area (Å²) < 4.78 is 26.1. The van der Waals surface area contributed by atoms with Crippen LogP contribution in [0, 0.1) is 5.82 Å². The van der Waals surface area contributed by atoms with Crippen molar-refractivity contribution in [3.05, 3.63) is 66.4 Å². The van der Waals surface area contributed by atoms with Crippen molar-refractivity contribution in [2.75, 3.05) is 14.2 Å². The van der Waals surface area contributed by atoms with E-state index in [4.69, 9.17) is 14.5 Å². The molecule has 0 radical (unpaired) electrons. The fraction of sp³-hybridized carbons (Fsp3) is 0.190. The monoisotopic (exact) mass is 410 g/mol. The van der Waals surface area contributed by atoms with E-state index in [1.54, 1.807) is 32.5 Å². The van der Waals surface area contributed by atoms with Crippen LogP contribution in [0.1, 0.15) is 5.56 Å². The average molecular weight is 410 g/mol. The number of aromatic nitrogens is 4. The summed E-state index contributed by atoms with van der Waals surface area (Å²) in [5.74, 6) is 1.23. The van der Waals surface area contributed by atoms with Crippen molar-refractivity contribution < 1.29 is 13.9 Å². The van der Waals surface area contributed by atoms with Gasteiger partial charge >= 0.3 is 0 Å². The summed E-state index contributed by atoms with van der Waals surface area (Å²) in [7, 11) is 3.26.